The van der Waals surface area contributed by atoms with E-state index in [1.165, 1.54) is 0 Å². The first-order valence-electron chi connectivity index (χ1n) is 9.50. The van der Waals surface area contributed by atoms with Gasteiger partial charge < -0.3 is 14.5 Å². The van der Waals surface area contributed by atoms with Gasteiger partial charge in [0, 0.05) is 45.0 Å². The number of ether oxygens (including phenoxy) is 1. The topological polar surface area (TPSA) is 59.7 Å². The number of hydrogen-bond donors (Lipinski definition) is 0. The number of rotatable bonds is 4. The molecule has 1 saturated heterocycles. The first-order chi connectivity index (χ1) is 14.0. The molecule has 1 aliphatic rings. The average molecular weight is 415 g/mol. The molecule has 0 spiro atoms. The average Bonchev–Trinajstić information content (AvgIpc) is 2.99. The second-order valence-corrected chi connectivity index (χ2v) is 7.51. The first kappa shape index (κ1) is 19.4. The van der Waals surface area contributed by atoms with Crippen molar-refractivity contribution in [1.82, 2.24) is 14.0 Å². The highest BCUT2D eigenvalue weighted by Crippen LogP contribution is 2.29. The van der Waals surface area contributed by atoms with E-state index < -0.39 is 0 Å². The number of carbonyl (C=O) groups is 1. The number of aromatic nitrogens is 2. The summed E-state index contributed by atoms with van der Waals surface area (Å²) in [7, 11) is 3.32. The fourth-order valence-corrected chi connectivity index (χ4v) is 4.01. The number of piperazine rings is 1. The van der Waals surface area contributed by atoms with Gasteiger partial charge in [-0.25, -0.2) is 4.79 Å². The number of aryl methyl sites for hydroxylation is 1. The summed E-state index contributed by atoms with van der Waals surface area (Å²) in [6, 6.07) is 13.2. The lowest BCUT2D eigenvalue weighted by molar-refractivity contribution is -0.132. The minimum absolute atomic E-state index is 0.0446. The van der Waals surface area contributed by atoms with Crippen molar-refractivity contribution in [1.29, 1.82) is 0 Å². The van der Waals surface area contributed by atoms with Crippen LogP contribution in [0.15, 0.2) is 47.3 Å². The largest absolute Gasteiger partial charge is 0.495 e. The number of para-hydroxylation sites is 2. The Bertz CT molecular complexity index is 1110. The van der Waals surface area contributed by atoms with Crippen LogP contribution in [0.5, 0.6) is 5.75 Å². The molecule has 4 rings (SSSR count). The van der Waals surface area contributed by atoms with E-state index in [0.717, 1.165) is 16.7 Å². The number of halogens is 1. The van der Waals surface area contributed by atoms with Crippen molar-refractivity contribution in [2.45, 2.75) is 6.54 Å². The van der Waals surface area contributed by atoms with Crippen LogP contribution in [-0.4, -0.2) is 53.2 Å². The molecule has 0 aliphatic carbocycles. The predicted octanol–water partition coefficient (Wildman–Crippen LogP) is 2.35. The fraction of sp³-hybridized carbons (Fsp3) is 0.333. The van der Waals surface area contributed by atoms with E-state index in [9.17, 15) is 9.59 Å². The van der Waals surface area contributed by atoms with Crippen molar-refractivity contribution in [3.8, 4) is 5.75 Å². The van der Waals surface area contributed by atoms with Crippen LogP contribution < -0.4 is 15.3 Å². The minimum atomic E-state index is -0.175. The molecule has 1 aliphatic heterocycles. The summed E-state index contributed by atoms with van der Waals surface area (Å²) < 4.78 is 8.42. The molecule has 0 atom stereocenters. The fourth-order valence-electron chi connectivity index (χ4n) is 3.81. The van der Waals surface area contributed by atoms with Crippen LogP contribution in [0.1, 0.15) is 0 Å². The maximum Gasteiger partial charge on any atom is 0.329 e. The highest BCUT2D eigenvalue weighted by molar-refractivity contribution is 6.32. The third-order valence-corrected chi connectivity index (χ3v) is 5.79. The summed E-state index contributed by atoms with van der Waals surface area (Å²) in [5, 5.41) is 0.575. The van der Waals surface area contributed by atoms with Gasteiger partial charge in [0.1, 0.15) is 12.3 Å². The second kappa shape index (κ2) is 7.83. The molecule has 152 valence electrons. The zero-order chi connectivity index (χ0) is 20.5. The summed E-state index contributed by atoms with van der Waals surface area (Å²) in [5.41, 5.74) is 2.45. The molecule has 0 radical (unpaired) electrons. The van der Waals surface area contributed by atoms with Gasteiger partial charge in [0.15, 0.2) is 0 Å². The summed E-state index contributed by atoms with van der Waals surface area (Å²) in [4.78, 5) is 29.4. The van der Waals surface area contributed by atoms with Gasteiger partial charge in [0.05, 0.1) is 23.2 Å². The minimum Gasteiger partial charge on any atom is -0.495 e. The van der Waals surface area contributed by atoms with Crippen LogP contribution in [0.3, 0.4) is 0 Å². The number of fused-ring (bicyclic) bond motifs is 1. The van der Waals surface area contributed by atoms with E-state index in [1.54, 1.807) is 23.3 Å². The summed E-state index contributed by atoms with van der Waals surface area (Å²) in [5.74, 6) is 0.592. The molecular weight excluding hydrogens is 392 g/mol. The quantitative estimate of drug-likeness (QED) is 0.657. The van der Waals surface area contributed by atoms with Crippen molar-refractivity contribution < 1.29 is 9.53 Å². The zero-order valence-corrected chi connectivity index (χ0v) is 17.2. The van der Waals surface area contributed by atoms with Crippen LogP contribution in [0.4, 0.5) is 5.69 Å². The lowest BCUT2D eigenvalue weighted by Gasteiger charge is -2.36. The van der Waals surface area contributed by atoms with E-state index >= 15 is 0 Å². The molecule has 29 heavy (non-hydrogen) atoms. The molecule has 1 amide bonds. The molecule has 0 unspecified atom stereocenters. The number of carbonyl (C=O) groups excluding carboxylic acids is 1. The summed E-state index contributed by atoms with van der Waals surface area (Å²) >= 11 is 6.11. The van der Waals surface area contributed by atoms with Gasteiger partial charge in [0.25, 0.3) is 0 Å². The number of anilines is 1. The third-order valence-electron chi connectivity index (χ3n) is 5.48. The molecule has 1 aromatic heterocycles. The van der Waals surface area contributed by atoms with E-state index in [0.29, 0.717) is 37.0 Å². The SMILES string of the molecule is COc1cc(N2CCN(C(=O)Cn3c(=O)n(C)c4ccccc43)CC2)ccc1Cl. The third kappa shape index (κ3) is 3.58. The van der Waals surface area contributed by atoms with Gasteiger partial charge in [-0.2, -0.15) is 0 Å². The van der Waals surface area contributed by atoms with Gasteiger partial charge in [-0.15, -0.1) is 0 Å². The van der Waals surface area contributed by atoms with E-state index in [-0.39, 0.29) is 18.1 Å². The molecule has 3 aromatic rings. The number of imidazole rings is 1. The molecule has 0 bridgehead atoms. The maximum atomic E-state index is 12.9. The zero-order valence-electron chi connectivity index (χ0n) is 16.5. The van der Waals surface area contributed by atoms with Crippen LogP contribution in [0, 0.1) is 0 Å². The summed E-state index contributed by atoms with van der Waals surface area (Å²) in [6.07, 6.45) is 0. The first-order valence-corrected chi connectivity index (χ1v) is 9.88. The van der Waals surface area contributed by atoms with Gasteiger partial charge >= 0.3 is 5.69 Å². The molecular formula is C21H23ClN4O3. The smallest absolute Gasteiger partial charge is 0.329 e. The lowest BCUT2D eigenvalue weighted by atomic mass is 10.2. The van der Waals surface area contributed by atoms with E-state index in [4.69, 9.17) is 16.3 Å². The Morgan fingerprint density at radius 1 is 1.07 bits per heavy atom. The molecule has 2 aromatic carbocycles. The summed E-state index contributed by atoms with van der Waals surface area (Å²) in [6.45, 7) is 2.67. The molecule has 0 N–H and O–H groups in total. The second-order valence-electron chi connectivity index (χ2n) is 7.10. The van der Waals surface area contributed by atoms with Gasteiger partial charge in [-0.05, 0) is 24.3 Å². The molecule has 8 heteroatoms. The number of methoxy groups -OCH3 is 1. The lowest BCUT2D eigenvalue weighted by Crippen LogP contribution is -2.50. The number of amides is 1. The van der Waals surface area contributed by atoms with Crippen molar-refractivity contribution in [2.24, 2.45) is 7.05 Å². The molecule has 0 saturated carbocycles. The highest BCUT2D eigenvalue weighted by atomic mass is 35.5. The Morgan fingerprint density at radius 2 is 1.76 bits per heavy atom. The standard InChI is InChI=1S/C21H23ClN4O3/c1-23-17-5-3-4-6-18(17)26(21(23)28)14-20(27)25-11-9-24(10-12-25)15-7-8-16(22)19(13-15)29-2/h3-8,13H,9-12,14H2,1-2H3. The highest BCUT2D eigenvalue weighted by Gasteiger charge is 2.23. The Morgan fingerprint density at radius 3 is 2.45 bits per heavy atom. The Kier molecular flexibility index (Phi) is 5.24. The number of benzene rings is 2. The van der Waals surface area contributed by atoms with Crippen LogP contribution in [-0.2, 0) is 18.4 Å². The Balaban J connectivity index is 1.45. The van der Waals surface area contributed by atoms with Crippen molar-refractivity contribution in [3.63, 3.8) is 0 Å². The Hall–Kier alpha value is -2.93. The van der Waals surface area contributed by atoms with Gasteiger partial charge in [-0.1, -0.05) is 23.7 Å². The Labute approximate surface area is 173 Å². The normalized spacial score (nSPS) is 14.4. The molecule has 2 heterocycles. The van der Waals surface area contributed by atoms with Gasteiger partial charge in [-0.3, -0.25) is 13.9 Å². The maximum absolute atomic E-state index is 12.9. The van der Waals surface area contributed by atoms with Crippen molar-refractivity contribution in [2.75, 3.05) is 38.2 Å². The van der Waals surface area contributed by atoms with Crippen molar-refractivity contribution >= 4 is 34.2 Å². The van der Waals surface area contributed by atoms with Crippen LogP contribution in [0.2, 0.25) is 5.02 Å². The van der Waals surface area contributed by atoms with Gasteiger partial charge in [0.2, 0.25) is 5.91 Å². The van der Waals surface area contributed by atoms with Crippen LogP contribution >= 0.6 is 11.6 Å². The monoisotopic (exact) mass is 414 g/mol. The predicted molar refractivity (Wildman–Crippen MR) is 114 cm³/mol. The van der Waals surface area contributed by atoms with E-state index in [1.807, 2.05) is 47.4 Å². The van der Waals surface area contributed by atoms with Crippen molar-refractivity contribution in [3.05, 3.63) is 58.0 Å². The molecule has 7 nitrogen and oxygen atoms in total. The number of nitrogens with zero attached hydrogens (tertiary/aromatic N) is 4. The number of hydrogen-bond acceptors (Lipinski definition) is 4. The van der Waals surface area contributed by atoms with E-state index in [2.05, 4.69) is 4.90 Å². The molecule has 1 fully saturated rings. The van der Waals surface area contributed by atoms with Crippen LogP contribution in [0.25, 0.3) is 11.0 Å².